The van der Waals surface area contributed by atoms with Crippen molar-refractivity contribution in [1.82, 2.24) is 15.1 Å². The highest BCUT2D eigenvalue weighted by Gasteiger charge is 2.77. The van der Waals surface area contributed by atoms with E-state index in [1.165, 1.54) is 26.2 Å². The van der Waals surface area contributed by atoms with Crippen molar-refractivity contribution in [2.24, 2.45) is 46.3 Å². The van der Waals surface area contributed by atoms with Crippen LogP contribution in [0.4, 0.5) is 4.39 Å². The number of alkyl halides is 1. The molecular formula is C60H98FN3O16. The summed E-state index contributed by atoms with van der Waals surface area (Å²) in [6.07, 6.45) is -4.66. The number of aliphatic hydroxyl groups is 7. The van der Waals surface area contributed by atoms with Crippen LogP contribution in [-0.2, 0) is 42.8 Å². The first-order chi connectivity index (χ1) is 37.1. The van der Waals surface area contributed by atoms with Gasteiger partial charge in [0.05, 0.1) is 42.0 Å². The number of methoxy groups -OCH3 is 1. The molecule has 0 radical (unpaired) electrons. The summed E-state index contributed by atoms with van der Waals surface area (Å²) < 4.78 is 56.5. The van der Waals surface area contributed by atoms with Crippen LogP contribution in [0.15, 0.2) is 23.8 Å². The summed E-state index contributed by atoms with van der Waals surface area (Å²) in [5.41, 5.74) is -13.1. The van der Waals surface area contributed by atoms with E-state index in [0.29, 0.717) is 31.3 Å². The summed E-state index contributed by atoms with van der Waals surface area (Å²) in [5, 5.41) is 89.5. The Kier molecular flexibility index (Phi) is 17.8. The fourth-order valence-electron chi connectivity index (χ4n) is 16.7. The Morgan fingerprint density at radius 1 is 0.912 bits per heavy atom. The van der Waals surface area contributed by atoms with Crippen LogP contribution in [-0.4, -0.2) is 211 Å². The molecule has 19 nitrogen and oxygen atoms in total. The van der Waals surface area contributed by atoms with E-state index in [4.69, 9.17) is 28.4 Å². The predicted molar refractivity (Wildman–Crippen MR) is 292 cm³/mol. The van der Waals surface area contributed by atoms with E-state index >= 15 is 4.39 Å². The number of hydrogen-bond donors (Lipinski definition) is 8. The van der Waals surface area contributed by atoms with Crippen molar-refractivity contribution in [2.75, 3.05) is 40.8 Å². The zero-order valence-electron chi connectivity index (χ0n) is 50.2. The maximum Gasteiger partial charge on any atom is 0.311 e. The van der Waals surface area contributed by atoms with Crippen LogP contribution in [0.1, 0.15) is 141 Å². The molecule has 0 aromatic heterocycles. The van der Waals surface area contributed by atoms with Gasteiger partial charge in [-0.2, -0.15) is 0 Å². The van der Waals surface area contributed by atoms with Crippen LogP contribution in [0.3, 0.4) is 0 Å². The average Bonchev–Trinajstić information content (AvgIpc) is 2.74. The number of rotatable bonds is 12. The van der Waals surface area contributed by atoms with Crippen LogP contribution < -0.4 is 5.32 Å². The number of allylic oxidation sites excluding steroid dienone is 4. The van der Waals surface area contributed by atoms with Gasteiger partial charge in [0.25, 0.3) is 5.91 Å². The first-order valence-electron chi connectivity index (χ1n) is 29.7. The largest absolute Gasteiger partial charge is 0.459 e. The number of ketones is 1. The summed E-state index contributed by atoms with van der Waals surface area (Å²) in [7, 11) is 5.44. The molecule has 3 aliphatic heterocycles. The molecule has 3 heterocycles. The number of esters is 1. The number of ether oxygens (including phenoxy) is 6. The lowest BCUT2D eigenvalue weighted by molar-refractivity contribution is -0.310. The first kappa shape index (κ1) is 63.5. The molecule has 2 unspecified atom stereocenters. The lowest BCUT2D eigenvalue weighted by Gasteiger charge is -2.62. The number of aliphatic hydroxyl groups excluding tert-OH is 3. The van der Waals surface area contributed by atoms with Crippen LogP contribution in [0, 0.1) is 46.3 Å². The molecule has 4 saturated carbocycles. The van der Waals surface area contributed by atoms with Gasteiger partial charge in [0.15, 0.2) is 29.6 Å². The molecule has 8 aliphatic rings. The Morgan fingerprint density at radius 2 is 1.59 bits per heavy atom. The second-order valence-electron chi connectivity index (χ2n) is 27.3. The van der Waals surface area contributed by atoms with Gasteiger partial charge in [-0.25, -0.2) is 4.39 Å². The number of cyclic esters (lactones) is 1. The molecule has 1 amide bonds. The fraction of sp³-hybridized carbons (Fsp3) is 0.883. The molecule has 5 aliphatic carbocycles. The third-order valence-corrected chi connectivity index (χ3v) is 22.1. The monoisotopic (exact) mass is 1140 g/mol. The van der Waals surface area contributed by atoms with Gasteiger partial charge in [-0.15, -0.1) is 0 Å². The Labute approximate surface area is 473 Å². The Hall–Kier alpha value is -2.54. The number of hydrogen-bond acceptors (Lipinski definition) is 18. The summed E-state index contributed by atoms with van der Waals surface area (Å²) >= 11 is 0. The van der Waals surface area contributed by atoms with Crippen molar-refractivity contribution in [1.29, 1.82) is 0 Å². The maximum absolute atomic E-state index is 17.9. The Bertz CT molecular complexity index is 2360. The highest BCUT2D eigenvalue weighted by Crippen LogP contribution is 2.71. The van der Waals surface area contributed by atoms with Gasteiger partial charge in [0.1, 0.15) is 35.1 Å². The quantitative estimate of drug-likeness (QED) is 0.103. The molecule has 20 heteroatoms. The molecular weight excluding hydrogens is 1040 g/mol. The van der Waals surface area contributed by atoms with E-state index in [9.17, 15) is 50.1 Å². The molecule has 80 heavy (non-hydrogen) atoms. The standard InChI is InChI=1S/C60H98FN3O16/c1-16-44-56(12,71)47(67)36(7)64(23-17-22-62-52(70)60(74)31(2)24-41-40-19-18-38-26-39(65)20-21-53(38,9)59(40,61)43(66)27-54(41,60)10)30-57(72)29-58(57,73)49(80-51-33(4)42(63(13)14)25-32(3)76-51)34(5)46(35(6)50(69)78-44)79-45-28-55(11,75-15)48(68)37(8)77-45/h20-21,26,31-37,40-49,51,66-68,71-74H,16-19,22-25,27-30H2,1-15H3,(H,62,70)/t31-,32-,33-,34+,35-,36-,37-,40?,41?,42-,43+,44-,45-,46+,47-,48-,49-,51+,53+,54+,55+,56-,57-,58-,59+,60+/m1/s1. The molecule has 8 N–H and O–H groups in total. The zero-order valence-corrected chi connectivity index (χ0v) is 50.2. The second kappa shape index (κ2) is 22.4. The van der Waals surface area contributed by atoms with Gasteiger partial charge in [-0.3, -0.25) is 19.3 Å². The molecule has 8 rings (SSSR count). The topological polar surface area (TPSA) is 267 Å². The molecule has 0 aromatic rings. The number of fused-ring (bicyclic) bond motifs is 6. The van der Waals surface area contributed by atoms with E-state index in [0.717, 1.165) is 0 Å². The number of β-amino-alcohol motifs (C(OH)–C–C–N with tert-alkyl or cyclic N) is 1. The summed E-state index contributed by atoms with van der Waals surface area (Å²) in [6, 6.07) is -0.956. The minimum Gasteiger partial charge on any atom is -0.459 e. The summed E-state index contributed by atoms with van der Waals surface area (Å²) in [4.78, 5) is 45.6. The number of halogens is 1. The minimum absolute atomic E-state index is 0.00486. The molecule has 0 spiro atoms. The number of carbonyl (C=O) groups is 3. The Balaban J connectivity index is 1.08. The number of nitrogens with zero attached hydrogens (tertiary/aromatic N) is 2. The maximum atomic E-state index is 17.9. The third-order valence-electron chi connectivity index (χ3n) is 22.1. The van der Waals surface area contributed by atoms with Crippen molar-refractivity contribution in [3.63, 3.8) is 0 Å². The van der Waals surface area contributed by atoms with Gasteiger partial charge < -0.3 is 74.4 Å². The van der Waals surface area contributed by atoms with Gasteiger partial charge in [-0.05, 0) is 131 Å². The van der Waals surface area contributed by atoms with Crippen LogP contribution in [0.2, 0.25) is 0 Å². The smallest absolute Gasteiger partial charge is 0.311 e. The molecule has 3 saturated heterocycles. The van der Waals surface area contributed by atoms with Crippen molar-refractivity contribution >= 4 is 17.7 Å². The van der Waals surface area contributed by atoms with Crippen LogP contribution >= 0.6 is 0 Å². The van der Waals surface area contributed by atoms with Crippen molar-refractivity contribution in [3.8, 4) is 0 Å². The lowest BCUT2D eigenvalue weighted by atomic mass is 9.44. The fourth-order valence-corrected chi connectivity index (χ4v) is 16.7. The SMILES string of the molecule is CC[C@H]1OC(=O)[C@H](C)[C@@H](O[C@@H]2C[C@](C)(OC)[C@H](O)[C@@H](C)O2)[C@H](C)[C@@H](O[C@@H]2O[C@H](C)C[C@@H](N(C)C)[C@H]2C)[C@]2(O)C[C@@]2(O)CN(CCCNC(=O)[C@@]2(O)[C@H](C)CC3C4CCC5=CC(=O)C=C[C@]5(C)[C@@]4(F)[C@@H](O)C[C@@]32C)[C@H](C)[C@@H](O)[C@]1(C)O. The van der Waals surface area contributed by atoms with E-state index in [1.807, 2.05) is 27.9 Å². The number of carbonyl (C=O) groups excluding carboxylic acids is 3. The lowest BCUT2D eigenvalue weighted by Crippen LogP contribution is -2.70. The normalized spacial score (nSPS) is 52.0. The Morgan fingerprint density at radius 3 is 2.23 bits per heavy atom. The predicted octanol–water partition coefficient (Wildman–Crippen LogP) is 3.49. The average molecular weight is 1140 g/mol. The molecule has 456 valence electrons. The van der Waals surface area contributed by atoms with Crippen molar-refractivity contribution in [3.05, 3.63) is 23.8 Å². The summed E-state index contributed by atoms with van der Waals surface area (Å²) in [6.45, 7) is 20.6. The molecule has 0 aromatic carbocycles. The van der Waals surface area contributed by atoms with E-state index in [2.05, 4.69) is 10.2 Å². The highest BCUT2D eigenvalue weighted by molar-refractivity contribution is 6.01. The molecule has 26 atom stereocenters. The van der Waals surface area contributed by atoms with E-state index in [1.54, 1.807) is 73.3 Å². The van der Waals surface area contributed by atoms with Gasteiger partial charge in [0, 0.05) is 80.3 Å². The second-order valence-corrected chi connectivity index (χ2v) is 27.3. The van der Waals surface area contributed by atoms with Gasteiger partial charge in [-0.1, -0.05) is 46.3 Å². The first-order valence-corrected chi connectivity index (χ1v) is 29.7. The molecule has 0 bridgehead atoms. The van der Waals surface area contributed by atoms with Crippen molar-refractivity contribution in [2.45, 2.75) is 248 Å². The zero-order chi connectivity index (χ0) is 59.4. The number of nitrogens with one attached hydrogen (secondary N) is 1. The van der Waals surface area contributed by atoms with Crippen LogP contribution in [0.5, 0.6) is 0 Å². The number of amides is 1. The summed E-state index contributed by atoms with van der Waals surface area (Å²) in [5.74, 6) is -5.75. The third kappa shape index (κ3) is 10.2. The van der Waals surface area contributed by atoms with E-state index < -0.39 is 147 Å². The van der Waals surface area contributed by atoms with Gasteiger partial charge >= 0.3 is 5.97 Å². The van der Waals surface area contributed by atoms with Crippen molar-refractivity contribution < 1.29 is 82.9 Å². The van der Waals surface area contributed by atoms with E-state index in [-0.39, 0.29) is 75.6 Å². The minimum atomic E-state index is -2.14. The van der Waals surface area contributed by atoms with Gasteiger partial charge in [0.2, 0.25) is 0 Å². The van der Waals surface area contributed by atoms with Crippen LogP contribution in [0.25, 0.3) is 0 Å². The molecule has 7 fully saturated rings. The highest BCUT2D eigenvalue weighted by atomic mass is 19.1.